The number of nitrogens with one attached hydrogen (secondary N) is 2. The maximum atomic E-state index is 12.6. The van der Waals surface area contributed by atoms with Crippen molar-refractivity contribution in [3.8, 4) is 0 Å². The highest BCUT2D eigenvalue weighted by atomic mass is 32.1. The molecule has 9 heteroatoms. The zero-order valence-electron chi connectivity index (χ0n) is 13.5. The van der Waals surface area contributed by atoms with E-state index in [9.17, 15) is 14.4 Å². The van der Waals surface area contributed by atoms with Gasteiger partial charge in [-0.05, 0) is 23.6 Å². The van der Waals surface area contributed by atoms with Crippen molar-refractivity contribution in [3.05, 3.63) is 67.2 Å². The van der Waals surface area contributed by atoms with E-state index in [0.29, 0.717) is 30.2 Å². The molecule has 1 aliphatic rings. The maximum Gasteiger partial charge on any atom is 0.260 e. The van der Waals surface area contributed by atoms with E-state index in [2.05, 4.69) is 15.3 Å². The van der Waals surface area contributed by atoms with E-state index in [0.717, 1.165) is 10.6 Å². The number of nitrogens with zero attached hydrogens (tertiary/aromatic N) is 2. The number of fused-ring (bicyclic) bond motifs is 1. The van der Waals surface area contributed by atoms with Gasteiger partial charge >= 0.3 is 0 Å². The minimum atomic E-state index is -0.392. The molecule has 0 radical (unpaired) electrons. The second-order valence-electron chi connectivity index (χ2n) is 5.74. The molecule has 0 spiro atoms. The normalized spacial score (nSPS) is 13.3. The monoisotopic (exact) mass is 386 g/mol. The summed E-state index contributed by atoms with van der Waals surface area (Å²) in [7, 11) is 0. The molecule has 0 aliphatic carbocycles. The van der Waals surface area contributed by atoms with Crippen LogP contribution in [0, 0.1) is 0 Å². The number of pyridine rings is 1. The molecule has 0 aromatic carbocycles. The third-order valence-corrected chi connectivity index (χ3v) is 5.75. The zero-order chi connectivity index (χ0) is 18.1. The molecule has 4 rings (SSSR count). The standard InChI is InChI=1S/C17H14N4O3S2/c22-14(10-4-7-25-9-10)20-17-19-12-3-6-21(8-13(12)26-17)16(24)11-2-1-5-18-15(11)23/h1-2,4-5,7,9H,3,6,8H2,(H,18,23)(H,19,20,22). The van der Waals surface area contributed by atoms with E-state index >= 15 is 0 Å². The predicted octanol–water partition coefficient (Wildman–Crippen LogP) is 2.34. The van der Waals surface area contributed by atoms with Crippen molar-refractivity contribution in [2.45, 2.75) is 13.0 Å². The van der Waals surface area contributed by atoms with E-state index in [1.165, 1.54) is 34.9 Å². The Morgan fingerprint density at radius 1 is 1.31 bits per heavy atom. The van der Waals surface area contributed by atoms with Gasteiger partial charge in [-0.25, -0.2) is 4.98 Å². The zero-order valence-corrected chi connectivity index (χ0v) is 15.2. The van der Waals surface area contributed by atoms with Gasteiger partial charge in [0.25, 0.3) is 17.4 Å². The van der Waals surface area contributed by atoms with Crippen LogP contribution < -0.4 is 10.9 Å². The fraction of sp³-hybridized carbons (Fsp3) is 0.176. The summed E-state index contributed by atoms with van der Waals surface area (Å²) in [6, 6.07) is 4.91. The lowest BCUT2D eigenvalue weighted by Gasteiger charge is -2.25. The molecule has 0 saturated carbocycles. The smallest absolute Gasteiger partial charge is 0.260 e. The third kappa shape index (κ3) is 3.18. The summed E-state index contributed by atoms with van der Waals surface area (Å²) in [4.78, 5) is 46.1. The molecule has 1 aliphatic heterocycles. The fourth-order valence-corrected chi connectivity index (χ4v) is 4.40. The average molecular weight is 386 g/mol. The number of thiazole rings is 1. The van der Waals surface area contributed by atoms with Gasteiger partial charge in [-0.2, -0.15) is 11.3 Å². The van der Waals surface area contributed by atoms with Crippen molar-refractivity contribution >= 4 is 39.6 Å². The summed E-state index contributed by atoms with van der Waals surface area (Å²) in [5.74, 6) is -0.490. The van der Waals surface area contributed by atoms with Crippen LogP contribution in [0.5, 0.6) is 0 Å². The van der Waals surface area contributed by atoms with E-state index in [1.807, 2.05) is 5.38 Å². The quantitative estimate of drug-likeness (QED) is 0.722. The van der Waals surface area contributed by atoms with Crippen molar-refractivity contribution in [3.63, 3.8) is 0 Å². The highest BCUT2D eigenvalue weighted by molar-refractivity contribution is 7.16. The number of hydrogen-bond donors (Lipinski definition) is 2. The van der Waals surface area contributed by atoms with Crippen molar-refractivity contribution in [2.75, 3.05) is 11.9 Å². The molecule has 2 amide bonds. The van der Waals surface area contributed by atoms with E-state index < -0.39 is 5.56 Å². The number of anilines is 1. The number of aromatic amines is 1. The molecule has 132 valence electrons. The number of thiophene rings is 1. The van der Waals surface area contributed by atoms with Gasteiger partial charge in [0, 0.05) is 29.4 Å². The van der Waals surface area contributed by atoms with Gasteiger partial charge in [-0.1, -0.05) is 11.3 Å². The summed E-state index contributed by atoms with van der Waals surface area (Å²) in [6.45, 7) is 0.871. The predicted molar refractivity (Wildman–Crippen MR) is 99.9 cm³/mol. The van der Waals surface area contributed by atoms with Crippen molar-refractivity contribution in [1.29, 1.82) is 0 Å². The van der Waals surface area contributed by atoms with Gasteiger partial charge in [-0.3, -0.25) is 19.7 Å². The topological polar surface area (TPSA) is 95.2 Å². The lowest BCUT2D eigenvalue weighted by atomic mass is 10.1. The minimum absolute atomic E-state index is 0.131. The minimum Gasteiger partial charge on any atom is -0.333 e. The van der Waals surface area contributed by atoms with Crippen LogP contribution in [-0.4, -0.2) is 33.2 Å². The molecule has 3 aromatic rings. The molecule has 2 N–H and O–H groups in total. The van der Waals surface area contributed by atoms with Gasteiger partial charge in [-0.15, -0.1) is 0 Å². The molecule has 26 heavy (non-hydrogen) atoms. The number of amides is 2. The Bertz CT molecular complexity index is 1020. The lowest BCUT2D eigenvalue weighted by Crippen LogP contribution is -2.38. The Kier molecular flexibility index (Phi) is 4.39. The molecule has 0 fully saturated rings. The maximum absolute atomic E-state index is 12.6. The first-order valence-electron chi connectivity index (χ1n) is 7.91. The van der Waals surface area contributed by atoms with Crippen molar-refractivity contribution in [2.24, 2.45) is 0 Å². The van der Waals surface area contributed by atoms with E-state index in [-0.39, 0.29) is 17.4 Å². The van der Waals surface area contributed by atoms with Crippen LogP contribution in [-0.2, 0) is 13.0 Å². The van der Waals surface area contributed by atoms with Crippen LogP contribution in [0.2, 0.25) is 0 Å². The summed E-state index contributed by atoms with van der Waals surface area (Å²) < 4.78 is 0. The van der Waals surface area contributed by atoms with Crippen molar-refractivity contribution in [1.82, 2.24) is 14.9 Å². The van der Waals surface area contributed by atoms with Gasteiger partial charge in [0.1, 0.15) is 5.56 Å². The molecule has 7 nitrogen and oxygen atoms in total. The summed E-state index contributed by atoms with van der Waals surface area (Å²) in [5.41, 5.74) is 1.23. The van der Waals surface area contributed by atoms with E-state index in [4.69, 9.17) is 0 Å². The third-order valence-electron chi connectivity index (χ3n) is 4.07. The molecule has 0 unspecified atom stereocenters. The van der Waals surface area contributed by atoms with Gasteiger partial charge in [0.05, 0.1) is 17.8 Å². The molecule has 0 atom stereocenters. The first kappa shape index (κ1) is 16.7. The number of H-pyrrole nitrogens is 1. The Balaban J connectivity index is 1.50. The molecule has 0 bridgehead atoms. The number of aromatic nitrogens is 2. The van der Waals surface area contributed by atoms with Crippen molar-refractivity contribution < 1.29 is 9.59 Å². The molecule has 0 saturated heterocycles. The molecular weight excluding hydrogens is 372 g/mol. The first-order valence-corrected chi connectivity index (χ1v) is 9.67. The molecule has 4 heterocycles. The first-order chi connectivity index (χ1) is 12.6. The van der Waals surface area contributed by atoms with Crippen LogP contribution in [0.3, 0.4) is 0 Å². The largest absolute Gasteiger partial charge is 0.333 e. The Hall–Kier alpha value is -2.78. The van der Waals surface area contributed by atoms with Gasteiger partial charge < -0.3 is 9.88 Å². The number of carbonyl (C=O) groups excluding carboxylic acids is 2. The summed E-state index contributed by atoms with van der Waals surface area (Å²) in [6.07, 6.45) is 2.09. The highest BCUT2D eigenvalue weighted by Crippen LogP contribution is 2.29. The summed E-state index contributed by atoms with van der Waals surface area (Å²) in [5, 5.41) is 6.95. The van der Waals surface area contributed by atoms with Crippen LogP contribution in [0.25, 0.3) is 0 Å². The number of carbonyl (C=O) groups is 2. The second-order valence-corrected chi connectivity index (χ2v) is 7.61. The average Bonchev–Trinajstić information content (AvgIpc) is 3.30. The lowest BCUT2D eigenvalue weighted by molar-refractivity contribution is 0.0734. The fourth-order valence-electron chi connectivity index (χ4n) is 2.75. The van der Waals surface area contributed by atoms with Gasteiger partial charge in [0.2, 0.25) is 0 Å². The molecular formula is C17H14N4O3S2. The van der Waals surface area contributed by atoms with Crippen LogP contribution >= 0.6 is 22.7 Å². The number of hydrogen-bond acceptors (Lipinski definition) is 6. The van der Waals surface area contributed by atoms with Crippen LogP contribution in [0.1, 0.15) is 31.3 Å². The Morgan fingerprint density at radius 3 is 2.96 bits per heavy atom. The number of rotatable bonds is 3. The van der Waals surface area contributed by atoms with Crippen LogP contribution in [0.15, 0.2) is 40.0 Å². The highest BCUT2D eigenvalue weighted by Gasteiger charge is 2.26. The van der Waals surface area contributed by atoms with E-state index in [1.54, 1.807) is 22.4 Å². The summed E-state index contributed by atoms with van der Waals surface area (Å²) >= 11 is 2.82. The Morgan fingerprint density at radius 2 is 2.19 bits per heavy atom. The van der Waals surface area contributed by atoms with Crippen LogP contribution in [0.4, 0.5) is 5.13 Å². The molecule has 3 aromatic heterocycles. The second kappa shape index (κ2) is 6.85. The SMILES string of the molecule is O=C(Nc1nc2c(s1)CN(C(=O)c1ccc[nH]c1=O)CC2)c1ccsc1. The van der Waals surface area contributed by atoms with Gasteiger partial charge in [0.15, 0.2) is 5.13 Å². The Labute approximate surface area is 156 Å².